The number of hydrogen-bond acceptors (Lipinski definition) is 4. The molecular weight excluding hydrogens is 377 g/mol. The molecule has 0 aliphatic carbocycles. The zero-order chi connectivity index (χ0) is 17.0. The van der Waals surface area contributed by atoms with Gasteiger partial charge in [0.2, 0.25) is 5.91 Å². The molecule has 25 heavy (non-hydrogen) atoms. The van der Waals surface area contributed by atoms with Crippen LogP contribution in [-0.2, 0) is 11.2 Å². The number of aromatic nitrogens is 1. The Morgan fingerprint density at radius 1 is 1.28 bits per heavy atom. The van der Waals surface area contributed by atoms with E-state index in [1.165, 1.54) is 5.56 Å². The van der Waals surface area contributed by atoms with Gasteiger partial charge in [0, 0.05) is 17.5 Å². The van der Waals surface area contributed by atoms with Crippen molar-refractivity contribution in [1.29, 1.82) is 0 Å². The standard InChI is InChI=1S/C18H25N3OS.2ClH/c1-12(2)18(4,11-19)21-16(22)9-15-10-23-17(20-15)14-7-5-13(3)6-8-14;;/h5-8,10,12H,9,11,19H2,1-4H3,(H,21,22);2*1H. The Labute approximate surface area is 166 Å². The van der Waals surface area contributed by atoms with Crippen LogP contribution in [0.15, 0.2) is 29.6 Å². The molecule has 7 heteroatoms. The number of carbonyl (C=O) groups excluding carboxylic acids is 1. The Balaban J connectivity index is 0.00000288. The topological polar surface area (TPSA) is 68.0 Å². The first-order valence-corrected chi connectivity index (χ1v) is 8.74. The molecule has 0 radical (unpaired) electrons. The minimum atomic E-state index is -0.382. The Kier molecular flexibility index (Phi) is 9.66. The molecule has 0 fully saturated rings. The maximum Gasteiger partial charge on any atom is 0.226 e. The average Bonchev–Trinajstić information content (AvgIpc) is 2.95. The maximum absolute atomic E-state index is 12.3. The van der Waals surface area contributed by atoms with Gasteiger partial charge in [0.15, 0.2) is 0 Å². The number of aryl methyl sites for hydroxylation is 1. The van der Waals surface area contributed by atoms with Crippen molar-refractivity contribution in [3.8, 4) is 10.6 Å². The zero-order valence-corrected chi connectivity index (χ0v) is 17.5. The predicted octanol–water partition coefficient (Wildman–Crippen LogP) is 3.99. The molecule has 0 aliphatic rings. The lowest BCUT2D eigenvalue weighted by atomic mass is 9.88. The smallest absolute Gasteiger partial charge is 0.226 e. The van der Waals surface area contributed by atoms with E-state index >= 15 is 0 Å². The molecule has 0 spiro atoms. The van der Waals surface area contributed by atoms with Crippen LogP contribution in [0.2, 0.25) is 0 Å². The molecule has 0 saturated heterocycles. The van der Waals surface area contributed by atoms with Gasteiger partial charge in [-0.05, 0) is 19.8 Å². The van der Waals surface area contributed by atoms with E-state index in [1.807, 2.05) is 12.3 Å². The number of halogens is 2. The molecular formula is C18H27Cl2N3OS. The molecule has 0 bridgehead atoms. The Hall–Kier alpha value is -1.14. The normalized spacial score (nSPS) is 12.7. The zero-order valence-electron chi connectivity index (χ0n) is 15.0. The monoisotopic (exact) mass is 403 g/mol. The van der Waals surface area contributed by atoms with Crippen molar-refractivity contribution < 1.29 is 4.79 Å². The summed E-state index contributed by atoms with van der Waals surface area (Å²) in [5.74, 6) is 0.238. The quantitative estimate of drug-likeness (QED) is 0.765. The van der Waals surface area contributed by atoms with Gasteiger partial charge < -0.3 is 11.1 Å². The van der Waals surface area contributed by atoms with Gasteiger partial charge in [-0.2, -0.15) is 0 Å². The van der Waals surface area contributed by atoms with Crippen LogP contribution in [0.4, 0.5) is 0 Å². The molecule has 2 aromatic rings. The second kappa shape index (κ2) is 10.1. The molecule has 0 aliphatic heterocycles. The lowest BCUT2D eigenvalue weighted by Gasteiger charge is -2.33. The largest absolute Gasteiger partial charge is 0.349 e. The summed E-state index contributed by atoms with van der Waals surface area (Å²) in [5.41, 5.74) is 8.54. The molecule has 1 unspecified atom stereocenters. The van der Waals surface area contributed by atoms with Gasteiger partial charge in [0.05, 0.1) is 17.7 Å². The van der Waals surface area contributed by atoms with Crippen molar-refractivity contribution in [2.75, 3.05) is 6.54 Å². The van der Waals surface area contributed by atoms with E-state index in [-0.39, 0.29) is 48.6 Å². The minimum absolute atomic E-state index is 0. The highest BCUT2D eigenvalue weighted by Gasteiger charge is 2.28. The van der Waals surface area contributed by atoms with E-state index in [1.54, 1.807) is 11.3 Å². The van der Waals surface area contributed by atoms with E-state index in [4.69, 9.17) is 5.73 Å². The fourth-order valence-electron chi connectivity index (χ4n) is 2.18. The van der Waals surface area contributed by atoms with Crippen LogP contribution >= 0.6 is 36.2 Å². The predicted molar refractivity (Wildman–Crippen MR) is 111 cm³/mol. The van der Waals surface area contributed by atoms with E-state index in [0.717, 1.165) is 16.3 Å². The number of nitrogens with two attached hydrogens (primary N) is 1. The number of nitrogens with zero attached hydrogens (tertiary/aromatic N) is 1. The second-order valence-corrected chi connectivity index (χ2v) is 7.37. The van der Waals surface area contributed by atoms with Crippen LogP contribution in [0.5, 0.6) is 0 Å². The number of amides is 1. The van der Waals surface area contributed by atoms with Crippen molar-refractivity contribution in [3.63, 3.8) is 0 Å². The number of rotatable bonds is 6. The minimum Gasteiger partial charge on any atom is -0.349 e. The molecule has 3 N–H and O–H groups in total. The summed E-state index contributed by atoms with van der Waals surface area (Å²) in [6.45, 7) is 8.58. The molecule has 1 atom stereocenters. The summed E-state index contributed by atoms with van der Waals surface area (Å²) in [7, 11) is 0. The van der Waals surface area contributed by atoms with Crippen molar-refractivity contribution in [2.24, 2.45) is 11.7 Å². The van der Waals surface area contributed by atoms with Gasteiger partial charge in [0.1, 0.15) is 5.01 Å². The molecule has 2 rings (SSSR count). The number of nitrogens with one attached hydrogen (secondary N) is 1. The average molecular weight is 404 g/mol. The highest BCUT2D eigenvalue weighted by molar-refractivity contribution is 7.13. The van der Waals surface area contributed by atoms with Gasteiger partial charge in [-0.1, -0.05) is 43.7 Å². The third kappa shape index (κ3) is 6.26. The van der Waals surface area contributed by atoms with E-state index < -0.39 is 0 Å². The van der Waals surface area contributed by atoms with Crippen LogP contribution < -0.4 is 11.1 Å². The van der Waals surface area contributed by atoms with E-state index in [9.17, 15) is 4.79 Å². The lowest BCUT2D eigenvalue weighted by Crippen LogP contribution is -2.55. The third-order valence-electron chi connectivity index (χ3n) is 4.32. The number of thiazole rings is 1. The van der Waals surface area contributed by atoms with Gasteiger partial charge in [-0.3, -0.25) is 4.79 Å². The van der Waals surface area contributed by atoms with E-state index in [0.29, 0.717) is 6.54 Å². The van der Waals surface area contributed by atoms with Gasteiger partial charge in [0.25, 0.3) is 0 Å². The summed E-state index contributed by atoms with van der Waals surface area (Å²) in [6.07, 6.45) is 0.282. The Morgan fingerprint density at radius 2 is 1.88 bits per heavy atom. The summed E-state index contributed by atoms with van der Waals surface area (Å²) in [6, 6.07) is 8.25. The van der Waals surface area contributed by atoms with Crippen molar-refractivity contribution >= 4 is 42.1 Å². The maximum atomic E-state index is 12.3. The molecule has 140 valence electrons. The number of carbonyl (C=O) groups is 1. The molecule has 1 amide bonds. The number of hydrogen-bond donors (Lipinski definition) is 2. The highest BCUT2D eigenvalue weighted by atomic mass is 35.5. The molecule has 4 nitrogen and oxygen atoms in total. The van der Waals surface area contributed by atoms with E-state index in [2.05, 4.69) is 55.3 Å². The van der Waals surface area contributed by atoms with Crippen LogP contribution in [0, 0.1) is 12.8 Å². The SMILES string of the molecule is Cc1ccc(-c2nc(CC(=O)NC(C)(CN)C(C)C)cs2)cc1.Cl.Cl. The molecule has 1 aromatic carbocycles. The summed E-state index contributed by atoms with van der Waals surface area (Å²) in [5, 5.41) is 5.94. The highest BCUT2D eigenvalue weighted by Crippen LogP contribution is 2.24. The van der Waals surface area contributed by atoms with Gasteiger partial charge in [-0.25, -0.2) is 4.98 Å². The first-order valence-electron chi connectivity index (χ1n) is 7.86. The van der Waals surface area contributed by atoms with Crippen molar-refractivity contribution in [3.05, 3.63) is 40.9 Å². The van der Waals surface area contributed by atoms with Crippen LogP contribution in [0.25, 0.3) is 10.6 Å². The first-order chi connectivity index (χ1) is 10.8. The Bertz CT molecular complexity index is 673. The summed E-state index contributed by atoms with van der Waals surface area (Å²) >= 11 is 1.56. The van der Waals surface area contributed by atoms with Crippen molar-refractivity contribution in [1.82, 2.24) is 10.3 Å². The first kappa shape index (κ1) is 23.9. The number of benzene rings is 1. The van der Waals surface area contributed by atoms with Crippen LogP contribution in [-0.4, -0.2) is 23.0 Å². The molecule has 1 aromatic heterocycles. The fourth-order valence-corrected chi connectivity index (χ4v) is 3.00. The molecule has 0 saturated carbocycles. The third-order valence-corrected chi connectivity index (χ3v) is 5.26. The van der Waals surface area contributed by atoms with Gasteiger partial charge >= 0.3 is 0 Å². The van der Waals surface area contributed by atoms with Crippen LogP contribution in [0.1, 0.15) is 32.0 Å². The summed E-state index contributed by atoms with van der Waals surface area (Å²) in [4.78, 5) is 16.9. The Morgan fingerprint density at radius 3 is 2.40 bits per heavy atom. The lowest BCUT2D eigenvalue weighted by molar-refractivity contribution is -0.122. The summed E-state index contributed by atoms with van der Waals surface area (Å²) < 4.78 is 0. The van der Waals surface area contributed by atoms with Crippen LogP contribution in [0.3, 0.4) is 0 Å². The second-order valence-electron chi connectivity index (χ2n) is 6.51. The van der Waals surface area contributed by atoms with Gasteiger partial charge in [-0.15, -0.1) is 36.2 Å². The molecule has 1 heterocycles. The van der Waals surface area contributed by atoms with Crippen molar-refractivity contribution in [2.45, 2.75) is 39.7 Å². The fraction of sp³-hybridized carbons (Fsp3) is 0.444.